The number of nitrogens with zero attached hydrogens (tertiary/aromatic N) is 3. The average molecular weight is 260 g/mol. The number of aromatic nitrogens is 2. The number of nitrogens with two attached hydrogens (primary N) is 1. The third-order valence-electron chi connectivity index (χ3n) is 4.68. The number of primary amides is 1. The Labute approximate surface area is 110 Å². The fraction of sp³-hybridized carbons (Fsp3) is 0.615. The van der Waals surface area contributed by atoms with E-state index in [4.69, 9.17) is 5.73 Å². The van der Waals surface area contributed by atoms with Gasteiger partial charge >= 0.3 is 0 Å². The summed E-state index contributed by atoms with van der Waals surface area (Å²) in [5.41, 5.74) is 5.34. The van der Waals surface area contributed by atoms with E-state index >= 15 is 0 Å². The molecule has 0 radical (unpaired) electrons. The van der Waals surface area contributed by atoms with E-state index in [0.29, 0.717) is 24.1 Å². The van der Waals surface area contributed by atoms with E-state index in [-0.39, 0.29) is 11.8 Å². The van der Waals surface area contributed by atoms with Crippen LogP contribution in [0.25, 0.3) is 0 Å². The van der Waals surface area contributed by atoms with Gasteiger partial charge in [-0.25, -0.2) is 0 Å². The SMILES string of the molecule is NC(=O)C12CC(CN1C(=O)c1cnn(C3CC3)c1)C2. The van der Waals surface area contributed by atoms with Crippen molar-refractivity contribution in [2.24, 2.45) is 11.7 Å². The van der Waals surface area contributed by atoms with Crippen molar-refractivity contribution in [3.8, 4) is 0 Å². The lowest BCUT2D eigenvalue weighted by Gasteiger charge is -2.38. The highest BCUT2D eigenvalue weighted by atomic mass is 16.2. The maximum Gasteiger partial charge on any atom is 0.257 e. The van der Waals surface area contributed by atoms with Crippen LogP contribution in [0.2, 0.25) is 0 Å². The molecule has 19 heavy (non-hydrogen) atoms. The Hall–Kier alpha value is -1.85. The molecule has 4 fully saturated rings. The topological polar surface area (TPSA) is 81.2 Å². The van der Waals surface area contributed by atoms with Gasteiger partial charge in [0, 0.05) is 12.7 Å². The highest BCUT2D eigenvalue weighted by molar-refractivity contribution is 6.00. The first-order chi connectivity index (χ1) is 9.10. The zero-order valence-electron chi connectivity index (χ0n) is 10.6. The average Bonchev–Trinajstić information content (AvgIpc) is 2.84. The summed E-state index contributed by atoms with van der Waals surface area (Å²) in [6, 6.07) is 0.457. The predicted octanol–water partition coefficient (Wildman–Crippen LogP) is 0.308. The molecule has 0 atom stereocenters. The van der Waals surface area contributed by atoms with Gasteiger partial charge in [-0.3, -0.25) is 14.3 Å². The van der Waals surface area contributed by atoms with Crippen molar-refractivity contribution in [2.45, 2.75) is 37.3 Å². The summed E-state index contributed by atoms with van der Waals surface area (Å²) in [7, 11) is 0. The molecule has 2 amide bonds. The Morgan fingerprint density at radius 1 is 1.37 bits per heavy atom. The largest absolute Gasteiger partial charge is 0.368 e. The smallest absolute Gasteiger partial charge is 0.257 e. The summed E-state index contributed by atoms with van der Waals surface area (Å²) in [6.07, 6.45) is 7.11. The van der Waals surface area contributed by atoms with Crippen LogP contribution in [0.3, 0.4) is 0 Å². The summed E-state index contributed by atoms with van der Waals surface area (Å²) in [6.45, 7) is 0.649. The lowest BCUT2D eigenvalue weighted by molar-refractivity contribution is -0.129. The monoisotopic (exact) mass is 260 g/mol. The van der Waals surface area contributed by atoms with Crippen molar-refractivity contribution in [3.05, 3.63) is 18.0 Å². The van der Waals surface area contributed by atoms with Gasteiger partial charge in [0.15, 0.2) is 0 Å². The van der Waals surface area contributed by atoms with Crippen molar-refractivity contribution >= 4 is 11.8 Å². The van der Waals surface area contributed by atoms with Gasteiger partial charge in [-0.15, -0.1) is 0 Å². The van der Waals surface area contributed by atoms with Crippen molar-refractivity contribution in [1.29, 1.82) is 0 Å². The van der Waals surface area contributed by atoms with Gasteiger partial charge in [0.2, 0.25) is 5.91 Å². The molecule has 2 bridgehead atoms. The molecule has 5 rings (SSSR count). The first-order valence-electron chi connectivity index (χ1n) is 6.76. The van der Waals surface area contributed by atoms with Crippen molar-refractivity contribution in [2.75, 3.05) is 6.54 Å². The number of hydrogen-bond acceptors (Lipinski definition) is 3. The number of rotatable bonds is 3. The van der Waals surface area contributed by atoms with Crippen LogP contribution < -0.4 is 5.73 Å². The minimum Gasteiger partial charge on any atom is -0.368 e. The molecule has 2 aliphatic carbocycles. The Kier molecular flexibility index (Phi) is 1.96. The van der Waals surface area contributed by atoms with Gasteiger partial charge in [0.25, 0.3) is 5.91 Å². The molecule has 6 nitrogen and oxygen atoms in total. The molecule has 2 saturated carbocycles. The Bertz CT molecular complexity index is 569. The maximum atomic E-state index is 12.5. The second-order valence-corrected chi connectivity index (χ2v) is 6.03. The van der Waals surface area contributed by atoms with Crippen LogP contribution in [0.5, 0.6) is 0 Å². The predicted molar refractivity (Wildman–Crippen MR) is 66.2 cm³/mol. The second kappa shape index (κ2) is 3.37. The summed E-state index contributed by atoms with van der Waals surface area (Å²) >= 11 is 0. The van der Waals surface area contributed by atoms with Gasteiger partial charge in [-0.2, -0.15) is 5.10 Å². The first kappa shape index (κ1) is 11.0. The van der Waals surface area contributed by atoms with Crippen LogP contribution in [-0.2, 0) is 4.79 Å². The molecule has 0 aromatic carbocycles. The third kappa shape index (κ3) is 1.39. The molecule has 2 saturated heterocycles. The lowest BCUT2D eigenvalue weighted by atomic mass is 9.73. The number of fused-ring (bicyclic) bond motifs is 1. The van der Waals surface area contributed by atoms with E-state index in [2.05, 4.69) is 5.10 Å². The lowest BCUT2D eigenvalue weighted by Crippen LogP contribution is -2.57. The zero-order chi connectivity index (χ0) is 13.2. The number of hydrogen-bond donors (Lipinski definition) is 1. The molecule has 1 aromatic heterocycles. The van der Waals surface area contributed by atoms with E-state index in [9.17, 15) is 9.59 Å². The third-order valence-corrected chi connectivity index (χ3v) is 4.68. The Morgan fingerprint density at radius 2 is 2.11 bits per heavy atom. The minimum atomic E-state index is -0.719. The fourth-order valence-electron chi connectivity index (χ4n) is 3.43. The van der Waals surface area contributed by atoms with Crippen LogP contribution in [-0.4, -0.2) is 38.6 Å². The van der Waals surface area contributed by atoms with Gasteiger partial charge in [0.1, 0.15) is 5.54 Å². The second-order valence-electron chi connectivity index (χ2n) is 6.03. The van der Waals surface area contributed by atoms with Crippen LogP contribution >= 0.6 is 0 Å². The number of carbonyl (C=O) groups is 2. The standard InChI is InChI=1S/C13H16N4O2/c14-12(19)13-3-8(4-13)6-16(13)11(18)9-5-15-17(7-9)10-1-2-10/h5,7-8,10H,1-4,6H2,(H2,14,19). The molecule has 4 aliphatic rings. The Morgan fingerprint density at radius 3 is 2.74 bits per heavy atom. The van der Waals surface area contributed by atoms with Gasteiger partial charge in [-0.1, -0.05) is 0 Å². The van der Waals surface area contributed by atoms with Crippen molar-refractivity contribution in [1.82, 2.24) is 14.7 Å². The van der Waals surface area contributed by atoms with Gasteiger partial charge in [0.05, 0.1) is 17.8 Å². The molecule has 0 unspecified atom stereocenters. The maximum absolute atomic E-state index is 12.5. The normalized spacial score (nSPS) is 32.2. The summed E-state index contributed by atoms with van der Waals surface area (Å²) in [5, 5.41) is 4.23. The Balaban J connectivity index is 1.61. The molecule has 3 heterocycles. The van der Waals surface area contributed by atoms with Crippen molar-refractivity contribution < 1.29 is 9.59 Å². The van der Waals surface area contributed by atoms with Crippen LogP contribution in [0.1, 0.15) is 42.1 Å². The highest BCUT2D eigenvalue weighted by Crippen LogP contribution is 2.50. The molecule has 2 N–H and O–H groups in total. The van der Waals surface area contributed by atoms with Gasteiger partial charge < -0.3 is 10.6 Å². The summed E-state index contributed by atoms with van der Waals surface area (Å²) in [4.78, 5) is 25.8. The summed E-state index contributed by atoms with van der Waals surface area (Å²) in [5.74, 6) is -0.0372. The van der Waals surface area contributed by atoms with E-state index in [0.717, 1.165) is 25.7 Å². The van der Waals surface area contributed by atoms with E-state index < -0.39 is 5.54 Å². The van der Waals surface area contributed by atoms with E-state index in [1.165, 1.54) is 0 Å². The molecule has 0 spiro atoms. The van der Waals surface area contributed by atoms with Gasteiger partial charge in [-0.05, 0) is 31.6 Å². The quantitative estimate of drug-likeness (QED) is 0.849. The zero-order valence-corrected chi connectivity index (χ0v) is 10.6. The fourth-order valence-corrected chi connectivity index (χ4v) is 3.43. The molecule has 6 heteroatoms. The van der Waals surface area contributed by atoms with Crippen LogP contribution in [0.15, 0.2) is 12.4 Å². The van der Waals surface area contributed by atoms with Crippen LogP contribution in [0, 0.1) is 5.92 Å². The molecular formula is C13H16N4O2. The number of carbonyl (C=O) groups excluding carboxylic acids is 2. The van der Waals surface area contributed by atoms with E-state index in [1.807, 2.05) is 4.68 Å². The molecular weight excluding hydrogens is 244 g/mol. The molecule has 1 aromatic rings. The minimum absolute atomic E-state index is 0.106. The van der Waals surface area contributed by atoms with Crippen molar-refractivity contribution in [3.63, 3.8) is 0 Å². The number of amides is 2. The van der Waals surface area contributed by atoms with Crippen LogP contribution in [0.4, 0.5) is 0 Å². The van der Waals surface area contributed by atoms with E-state index in [1.54, 1.807) is 17.3 Å². The first-order valence-corrected chi connectivity index (χ1v) is 6.76. The summed E-state index contributed by atoms with van der Waals surface area (Å²) < 4.78 is 1.85. The molecule has 2 aliphatic heterocycles. The highest BCUT2D eigenvalue weighted by Gasteiger charge is 2.61. The molecule has 100 valence electrons.